The quantitative estimate of drug-likeness (QED) is 0.327. The molecule has 0 aliphatic rings. The summed E-state index contributed by atoms with van der Waals surface area (Å²) < 4.78 is 5.03. The highest BCUT2D eigenvalue weighted by molar-refractivity contribution is 5.86. The molecule has 0 radical (unpaired) electrons. The Morgan fingerprint density at radius 1 is 1.03 bits per heavy atom. The number of aromatic amines is 1. The summed E-state index contributed by atoms with van der Waals surface area (Å²) in [5.41, 5.74) is 2.45. The van der Waals surface area contributed by atoms with Crippen LogP contribution in [0.3, 0.4) is 0 Å². The molecule has 0 spiro atoms. The number of hydrogen-bond donors (Lipinski definition) is 5. The standard InChI is InChI=1S/C23H25N3O6/c27-17(13-25-23(31)32-14-15-6-2-1-3-7-15)11-21(28)26-20(22(29)30)10-16-12-24-19-9-5-4-8-18(16)19/h1-9,12,17,20,24,27H,10-11,13-14H2,(H,25,31)(H,26,28)(H,29,30)/t17-,20+/m0/s1. The molecular formula is C23H25N3O6. The Bertz CT molecular complexity index is 1070. The predicted molar refractivity (Wildman–Crippen MR) is 117 cm³/mol. The lowest BCUT2D eigenvalue weighted by Crippen LogP contribution is -2.44. The van der Waals surface area contributed by atoms with Crippen molar-refractivity contribution in [1.29, 1.82) is 0 Å². The molecule has 2 aromatic carbocycles. The van der Waals surface area contributed by atoms with Crippen molar-refractivity contribution in [2.45, 2.75) is 31.6 Å². The van der Waals surface area contributed by atoms with E-state index < -0.39 is 30.1 Å². The first-order chi connectivity index (χ1) is 15.4. The van der Waals surface area contributed by atoms with Gasteiger partial charge in [-0.05, 0) is 17.2 Å². The van der Waals surface area contributed by atoms with E-state index in [4.69, 9.17) is 4.74 Å². The molecule has 0 saturated heterocycles. The van der Waals surface area contributed by atoms with Gasteiger partial charge in [0, 0.05) is 30.1 Å². The highest BCUT2D eigenvalue weighted by Crippen LogP contribution is 2.19. The number of aliphatic hydroxyl groups excluding tert-OH is 1. The molecule has 32 heavy (non-hydrogen) atoms. The minimum atomic E-state index is -1.19. The Balaban J connectivity index is 1.44. The van der Waals surface area contributed by atoms with Crippen molar-refractivity contribution in [3.63, 3.8) is 0 Å². The van der Waals surface area contributed by atoms with Crippen LogP contribution in [0, 0.1) is 0 Å². The van der Waals surface area contributed by atoms with Gasteiger partial charge in [0.1, 0.15) is 12.6 Å². The lowest BCUT2D eigenvalue weighted by atomic mass is 10.0. The van der Waals surface area contributed by atoms with Crippen LogP contribution in [0.15, 0.2) is 60.8 Å². The van der Waals surface area contributed by atoms with Gasteiger partial charge in [-0.2, -0.15) is 0 Å². The first-order valence-corrected chi connectivity index (χ1v) is 10.1. The molecule has 1 heterocycles. The Morgan fingerprint density at radius 2 is 1.75 bits per heavy atom. The molecule has 0 fully saturated rings. The Hall–Kier alpha value is -3.85. The molecule has 3 rings (SSSR count). The van der Waals surface area contributed by atoms with Gasteiger partial charge in [0.2, 0.25) is 5.91 Å². The van der Waals surface area contributed by atoms with Crippen LogP contribution in [-0.4, -0.2) is 51.9 Å². The topological polar surface area (TPSA) is 141 Å². The molecule has 0 aliphatic heterocycles. The van der Waals surface area contributed by atoms with Crippen LogP contribution in [0.4, 0.5) is 4.79 Å². The number of aromatic nitrogens is 1. The van der Waals surface area contributed by atoms with E-state index in [2.05, 4.69) is 15.6 Å². The van der Waals surface area contributed by atoms with Gasteiger partial charge in [0.05, 0.1) is 12.5 Å². The third-order valence-corrected chi connectivity index (χ3v) is 4.85. The number of ether oxygens (including phenoxy) is 1. The Labute approximate surface area is 184 Å². The first kappa shape index (κ1) is 22.8. The molecule has 0 bridgehead atoms. The van der Waals surface area contributed by atoms with E-state index in [1.807, 2.05) is 54.6 Å². The molecule has 5 N–H and O–H groups in total. The second-order valence-corrected chi connectivity index (χ2v) is 7.32. The monoisotopic (exact) mass is 439 g/mol. The Kier molecular flexibility index (Phi) is 7.82. The lowest BCUT2D eigenvalue weighted by Gasteiger charge is -2.16. The fraction of sp³-hybridized carbons (Fsp3) is 0.261. The van der Waals surface area contributed by atoms with Crippen LogP contribution in [0.25, 0.3) is 10.9 Å². The van der Waals surface area contributed by atoms with Gasteiger partial charge < -0.3 is 30.6 Å². The molecule has 0 unspecified atom stereocenters. The number of rotatable bonds is 10. The third-order valence-electron chi connectivity index (χ3n) is 4.85. The first-order valence-electron chi connectivity index (χ1n) is 10.1. The number of aliphatic carboxylic acids is 1. The van der Waals surface area contributed by atoms with Crippen molar-refractivity contribution in [2.75, 3.05) is 6.54 Å². The fourth-order valence-corrected chi connectivity index (χ4v) is 3.24. The van der Waals surface area contributed by atoms with Gasteiger partial charge in [-0.25, -0.2) is 9.59 Å². The molecule has 1 aromatic heterocycles. The average Bonchev–Trinajstić information content (AvgIpc) is 3.19. The molecule has 168 valence electrons. The smallest absolute Gasteiger partial charge is 0.407 e. The normalized spacial score (nSPS) is 12.7. The molecule has 9 heteroatoms. The van der Waals surface area contributed by atoms with E-state index >= 15 is 0 Å². The van der Waals surface area contributed by atoms with Crippen LogP contribution in [0.2, 0.25) is 0 Å². The van der Waals surface area contributed by atoms with Gasteiger partial charge in [-0.15, -0.1) is 0 Å². The number of carbonyl (C=O) groups excluding carboxylic acids is 2. The SMILES string of the molecule is O=C(C[C@H](O)CNC(=O)OCc1ccccc1)N[C@H](Cc1c[nH]c2ccccc12)C(=O)O. The maximum atomic E-state index is 12.2. The number of amides is 2. The number of carboxylic acid groups (broad SMARTS) is 1. The number of H-pyrrole nitrogens is 1. The van der Waals surface area contributed by atoms with Crippen LogP contribution >= 0.6 is 0 Å². The number of alkyl carbamates (subject to hydrolysis) is 1. The van der Waals surface area contributed by atoms with Crippen LogP contribution in [-0.2, 0) is 27.4 Å². The number of nitrogens with one attached hydrogen (secondary N) is 3. The summed E-state index contributed by atoms with van der Waals surface area (Å²) in [4.78, 5) is 38.7. The van der Waals surface area contributed by atoms with Crippen LogP contribution in [0.1, 0.15) is 17.5 Å². The van der Waals surface area contributed by atoms with Gasteiger partial charge >= 0.3 is 12.1 Å². The zero-order valence-electron chi connectivity index (χ0n) is 17.3. The molecule has 0 aliphatic carbocycles. The van der Waals surface area contributed by atoms with Gasteiger partial charge in [-0.3, -0.25) is 4.79 Å². The third kappa shape index (κ3) is 6.58. The Morgan fingerprint density at radius 3 is 2.50 bits per heavy atom. The van der Waals surface area contributed by atoms with Crippen molar-refractivity contribution in [2.24, 2.45) is 0 Å². The van der Waals surface area contributed by atoms with E-state index in [9.17, 15) is 24.6 Å². The second-order valence-electron chi connectivity index (χ2n) is 7.32. The number of hydrogen-bond acceptors (Lipinski definition) is 5. The van der Waals surface area contributed by atoms with Crippen LogP contribution in [0.5, 0.6) is 0 Å². The fourth-order valence-electron chi connectivity index (χ4n) is 3.24. The maximum absolute atomic E-state index is 12.2. The number of aliphatic hydroxyl groups is 1. The summed E-state index contributed by atoms with van der Waals surface area (Å²) in [6.45, 7) is -0.126. The van der Waals surface area contributed by atoms with Crippen molar-refractivity contribution < 1.29 is 29.3 Å². The summed E-state index contributed by atoms with van der Waals surface area (Å²) in [5, 5.41) is 25.2. The predicted octanol–water partition coefficient (Wildman–Crippen LogP) is 1.96. The van der Waals surface area contributed by atoms with E-state index in [0.29, 0.717) is 0 Å². The molecule has 2 amide bonds. The number of carboxylic acids is 1. The number of para-hydroxylation sites is 1. The van der Waals surface area contributed by atoms with Gasteiger partial charge in [0.25, 0.3) is 0 Å². The summed E-state index contributed by atoms with van der Waals surface area (Å²) in [6.07, 6.45) is -0.480. The summed E-state index contributed by atoms with van der Waals surface area (Å²) >= 11 is 0. The van der Waals surface area contributed by atoms with E-state index in [-0.39, 0.29) is 26.0 Å². The molecule has 9 nitrogen and oxygen atoms in total. The summed E-state index contributed by atoms with van der Waals surface area (Å²) in [5.74, 6) is -1.81. The average molecular weight is 439 g/mol. The zero-order chi connectivity index (χ0) is 22.9. The highest BCUT2D eigenvalue weighted by Gasteiger charge is 2.23. The number of fused-ring (bicyclic) bond motifs is 1. The van der Waals surface area contributed by atoms with Crippen molar-refractivity contribution in [1.82, 2.24) is 15.6 Å². The van der Waals surface area contributed by atoms with Crippen molar-refractivity contribution in [3.05, 3.63) is 71.9 Å². The van der Waals surface area contributed by atoms with E-state index in [0.717, 1.165) is 22.0 Å². The van der Waals surface area contributed by atoms with Crippen molar-refractivity contribution >= 4 is 28.9 Å². The summed E-state index contributed by atoms with van der Waals surface area (Å²) in [7, 11) is 0. The molecule has 2 atom stereocenters. The molecule has 0 saturated carbocycles. The zero-order valence-corrected chi connectivity index (χ0v) is 17.3. The number of carbonyl (C=O) groups is 3. The van der Waals surface area contributed by atoms with E-state index in [1.165, 1.54) is 0 Å². The molecule has 3 aromatic rings. The highest BCUT2D eigenvalue weighted by atomic mass is 16.5. The maximum Gasteiger partial charge on any atom is 0.407 e. The largest absolute Gasteiger partial charge is 0.480 e. The minimum absolute atomic E-state index is 0.0807. The van der Waals surface area contributed by atoms with Crippen molar-refractivity contribution in [3.8, 4) is 0 Å². The van der Waals surface area contributed by atoms with E-state index in [1.54, 1.807) is 6.20 Å². The van der Waals surface area contributed by atoms with Gasteiger partial charge in [0.15, 0.2) is 0 Å². The van der Waals surface area contributed by atoms with Crippen LogP contribution < -0.4 is 10.6 Å². The second kappa shape index (κ2) is 11.0. The lowest BCUT2D eigenvalue weighted by molar-refractivity contribution is -0.142. The summed E-state index contributed by atoms with van der Waals surface area (Å²) in [6, 6.07) is 15.4. The minimum Gasteiger partial charge on any atom is -0.480 e. The molecular weight excluding hydrogens is 414 g/mol. The number of benzene rings is 2. The van der Waals surface area contributed by atoms with Gasteiger partial charge in [-0.1, -0.05) is 48.5 Å².